The number of rotatable bonds is 2. The molecule has 3 aromatic carbocycles. The van der Waals surface area contributed by atoms with Gasteiger partial charge in [0.15, 0.2) is 0 Å². The predicted octanol–water partition coefficient (Wildman–Crippen LogP) is 7.60. The molecule has 5 heteroatoms. The molecule has 0 spiro atoms. The molecule has 7 aromatic rings. The fraction of sp³-hybridized carbons (Fsp3) is 0.107. The molecule has 4 heterocycles. The van der Waals surface area contributed by atoms with E-state index in [1.165, 1.54) is 48.4 Å². The molecule has 0 saturated heterocycles. The van der Waals surface area contributed by atoms with Gasteiger partial charge in [0.25, 0.3) is 0 Å². The zero-order valence-corrected chi connectivity index (χ0v) is 21.4. The van der Waals surface area contributed by atoms with Crippen molar-refractivity contribution in [3.63, 3.8) is 0 Å². The minimum Gasteiger partial charge on any atom is -0.341 e. The van der Waals surface area contributed by atoms with Gasteiger partial charge < -0.3 is 4.57 Å². The Morgan fingerprint density at radius 1 is 0.818 bits per heavy atom. The summed E-state index contributed by atoms with van der Waals surface area (Å²) in [6, 6.07) is 26.4. The maximum atomic E-state index is 4.79. The van der Waals surface area contributed by atoms with E-state index in [-0.39, 0.29) is 20.1 Å². The second-order valence-electron chi connectivity index (χ2n) is 8.38. The van der Waals surface area contributed by atoms with Crippen LogP contribution < -0.4 is 0 Å². The van der Waals surface area contributed by atoms with Crippen LogP contribution in [-0.2, 0) is 26.7 Å². The zero-order chi connectivity index (χ0) is 21.4. The Morgan fingerprint density at radius 2 is 1.52 bits per heavy atom. The number of aryl methyl sites for hydroxylation is 2. The summed E-state index contributed by atoms with van der Waals surface area (Å²) in [4.78, 5) is 1.25. The van der Waals surface area contributed by atoms with Crippen LogP contribution in [0.25, 0.3) is 59.4 Å². The van der Waals surface area contributed by atoms with Gasteiger partial charge >= 0.3 is 0 Å². The van der Waals surface area contributed by atoms with Crippen molar-refractivity contribution in [2.45, 2.75) is 20.4 Å². The van der Waals surface area contributed by atoms with E-state index >= 15 is 0 Å². The third kappa shape index (κ3) is 2.80. The molecular formula is C28H20IrN3S-. The molecule has 0 fully saturated rings. The molecule has 0 aliphatic heterocycles. The van der Waals surface area contributed by atoms with Crippen molar-refractivity contribution in [3.05, 3.63) is 83.9 Å². The summed E-state index contributed by atoms with van der Waals surface area (Å²) < 4.78 is 4.47. The number of aromatic nitrogens is 3. The first-order valence-corrected chi connectivity index (χ1v) is 11.8. The summed E-state index contributed by atoms with van der Waals surface area (Å²) >= 11 is 1.69. The first-order chi connectivity index (χ1) is 15.7. The standard InChI is InChI=1S/C28H20N3S.Ir/c1-3-30-23-11-7-6-9-20(23)22-15-18(12-13-24(22)30)28-27-21-10-5-4-8-19(21)25-14-17(2)29-31(25)26(27)16-32-28;/h4-15H,3H2,1-2H3;/q-1;. The van der Waals surface area contributed by atoms with E-state index in [2.05, 4.69) is 101 Å². The zero-order valence-electron chi connectivity index (χ0n) is 18.2. The average molecular weight is 623 g/mol. The van der Waals surface area contributed by atoms with Crippen molar-refractivity contribution in [1.29, 1.82) is 0 Å². The van der Waals surface area contributed by atoms with E-state index in [4.69, 9.17) is 5.10 Å². The van der Waals surface area contributed by atoms with Gasteiger partial charge in [0, 0.05) is 48.5 Å². The molecule has 4 aromatic heterocycles. The van der Waals surface area contributed by atoms with Gasteiger partial charge in [0.05, 0.1) is 11.2 Å². The number of para-hydroxylation sites is 1. The SMILES string of the molecule is CCn1c2ccccc2c2cc(-c3s[c-]c4c3c3ccccc3c3cc(C)nn43)ccc21.[Ir]. The van der Waals surface area contributed by atoms with Crippen LogP contribution in [0.5, 0.6) is 0 Å². The number of fused-ring (bicyclic) bond motifs is 9. The Hall–Kier alpha value is -2.98. The van der Waals surface area contributed by atoms with Crippen molar-refractivity contribution < 1.29 is 20.1 Å². The Bertz CT molecular complexity index is 1840. The minimum atomic E-state index is 0. The average Bonchev–Trinajstić information content (AvgIpc) is 3.52. The molecule has 0 N–H and O–H groups in total. The molecule has 3 nitrogen and oxygen atoms in total. The molecule has 0 aliphatic rings. The van der Waals surface area contributed by atoms with E-state index in [9.17, 15) is 0 Å². The Labute approximate surface area is 208 Å². The number of benzene rings is 3. The molecule has 0 amide bonds. The van der Waals surface area contributed by atoms with Gasteiger partial charge in [-0.2, -0.15) is 5.10 Å². The maximum absolute atomic E-state index is 4.79. The van der Waals surface area contributed by atoms with Crippen molar-refractivity contribution in [2.75, 3.05) is 0 Å². The molecule has 1 radical (unpaired) electrons. The number of pyridine rings is 1. The monoisotopic (exact) mass is 623 g/mol. The van der Waals surface area contributed by atoms with Gasteiger partial charge in [-0.1, -0.05) is 70.9 Å². The van der Waals surface area contributed by atoms with Gasteiger partial charge in [0.1, 0.15) is 0 Å². The molecule has 33 heavy (non-hydrogen) atoms. The second-order valence-corrected chi connectivity index (χ2v) is 9.20. The van der Waals surface area contributed by atoms with Crippen molar-refractivity contribution in [1.82, 2.24) is 14.2 Å². The first kappa shape index (κ1) is 20.6. The largest absolute Gasteiger partial charge is 0.341 e. The summed E-state index contributed by atoms with van der Waals surface area (Å²) in [6.45, 7) is 5.23. The normalized spacial score (nSPS) is 11.8. The number of thiophene rings is 1. The van der Waals surface area contributed by atoms with E-state index in [1.54, 1.807) is 11.3 Å². The molecule has 0 saturated carbocycles. The van der Waals surface area contributed by atoms with Crippen LogP contribution >= 0.6 is 11.3 Å². The first-order valence-electron chi connectivity index (χ1n) is 11.0. The maximum Gasteiger partial charge on any atom is 0.0714 e. The minimum absolute atomic E-state index is 0. The second kappa shape index (κ2) is 7.53. The molecule has 0 bridgehead atoms. The fourth-order valence-corrected chi connectivity index (χ4v) is 6.17. The number of hydrogen-bond donors (Lipinski definition) is 0. The third-order valence-electron chi connectivity index (χ3n) is 6.58. The third-order valence-corrected chi connectivity index (χ3v) is 7.52. The molecule has 163 valence electrons. The molecule has 0 atom stereocenters. The fourth-order valence-electron chi connectivity index (χ4n) is 5.23. The van der Waals surface area contributed by atoms with Crippen LogP contribution in [0, 0.1) is 12.3 Å². The van der Waals surface area contributed by atoms with Gasteiger partial charge in [-0.05, 0) is 42.9 Å². The van der Waals surface area contributed by atoms with Gasteiger partial charge in [-0.3, -0.25) is 15.9 Å². The van der Waals surface area contributed by atoms with Crippen molar-refractivity contribution in [2.24, 2.45) is 0 Å². The van der Waals surface area contributed by atoms with Crippen LogP contribution in [0.2, 0.25) is 0 Å². The molecule has 0 aliphatic carbocycles. The van der Waals surface area contributed by atoms with E-state index in [0.29, 0.717) is 0 Å². The van der Waals surface area contributed by atoms with Crippen molar-refractivity contribution in [3.8, 4) is 10.4 Å². The Balaban J connectivity index is 0.00000206. The summed E-state index contributed by atoms with van der Waals surface area (Å²) in [6.07, 6.45) is 0. The van der Waals surface area contributed by atoms with Crippen LogP contribution in [0.3, 0.4) is 0 Å². The molecular weight excluding hydrogens is 603 g/mol. The van der Waals surface area contributed by atoms with Crippen LogP contribution in [0.15, 0.2) is 72.8 Å². The molecule has 0 unspecified atom stereocenters. The summed E-state index contributed by atoms with van der Waals surface area (Å²) in [7, 11) is 0. The predicted molar refractivity (Wildman–Crippen MR) is 136 cm³/mol. The summed E-state index contributed by atoms with van der Waals surface area (Å²) in [5.41, 5.74) is 7.05. The smallest absolute Gasteiger partial charge is 0.0714 e. The van der Waals surface area contributed by atoms with Gasteiger partial charge in [0.2, 0.25) is 0 Å². The molecule has 7 rings (SSSR count). The number of nitrogens with zero attached hydrogens (tertiary/aromatic N) is 3. The van der Waals surface area contributed by atoms with Crippen LogP contribution in [0.4, 0.5) is 0 Å². The van der Waals surface area contributed by atoms with Gasteiger partial charge in [-0.15, -0.1) is 10.3 Å². The van der Waals surface area contributed by atoms with Gasteiger partial charge in [-0.25, -0.2) is 0 Å². The quantitative estimate of drug-likeness (QED) is 0.182. The Morgan fingerprint density at radius 3 is 2.30 bits per heavy atom. The van der Waals surface area contributed by atoms with E-state index < -0.39 is 0 Å². The van der Waals surface area contributed by atoms with E-state index in [0.717, 1.165) is 23.3 Å². The van der Waals surface area contributed by atoms with Crippen molar-refractivity contribution >= 4 is 60.3 Å². The van der Waals surface area contributed by atoms with E-state index in [1.807, 2.05) is 0 Å². The van der Waals surface area contributed by atoms with Crippen LogP contribution in [0.1, 0.15) is 12.6 Å². The topological polar surface area (TPSA) is 22.2 Å². The van der Waals surface area contributed by atoms with Crippen LogP contribution in [-0.4, -0.2) is 14.2 Å². The Kier molecular flexibility index (Phi) is 4.70. The summed E-state index contributed by atoms with van der Waals surface area (Å²) in [5, 5.41) is 14.7. The number of hydrogen-bond acceptors (Lipinski definition) is 2. The summed E-state index contributed by atoms with van der Waals surface area (Å²) in [5.74, 6) is 0.